The highest BCUT2D eigenvalue weighted by molar-refractivity contribution is 7.89. The lowest BCUT2D eigenvalue weighted by Gasteiger charge is -2.26. The fraction of sp³-hybridized carbons (Fsp3) is 0.381. The molecule has 28 heavy (non-hydrogen) atoms. The van der Waals surface area contributed by atoms with Crippen LogP contribution < -0.4 is 4.74 Å². The number of Topliss-reactive ketones (excluding diaryl/α,β-unsaturated/α-hetero) is 1. The molecule has 150 valence electrons. The van der Waals surface area contributed by atoms with E-state index in [0.717, 1.165) is 12.8 Å². The zero-order valence-electron chi connectivity index (χ0n) is 16.0. The zero-order valence-corrected chi connectivity index (χ0v) is 16.8. The maximum Gasteiger partial charge on any atom is 0.243 e. The van der Waals surface area contributed by atoms with E-state index in [2.05, 4.69) is 6.92 Å². The quantitative estimate of drug-likeness (QED) is 0.634. The number of ketones is 1. The number of sulfonamides is 1. The minimum Gasteiger partial charge on any atom is -0.485 e. The second kappa shape index (κ2) is 9.32. The number of aryl methyl sites for hydroxylation is 1. The smallest absolute Gasteiger partial charge is 0.243 e. The number of nitrogens with zero attached hydrogens (tertiary/aromatic N) is 1. The summed E-state index contributed by atoms with van der Waals surface area (Å²) in [6.45, 7) is 3.54. The molecule has 6 nitrogen and oxygen atoms in total. The summed E-state index contributed by atoms with van der Waals surface area (Å²) in [5.74, 6) is 0.338. The second-order valence-electron chi connectivity index (χ2n) is 6.65. The summed E-state index contributed by atoms with van der Waals surface area (Å²) in [5, 5.41) is 0. The summed E-state index contributed by atoms with van der Waals surface area (Å²) in [5.41, 5.74) is 1.81. The van der Waals surface area contributed by atoms with Gasteiger partial charge < -0.3 is 9.47 Å². The van der Waals surface area contributed by atoms with E-state index in [1.807, 2.05) is 24.3 Å². The van der Waals surface area contributed by atoms with Crippen LogP contribution in [0.3, 0.4) is 0 Å². The molecule has 1 heterocycles. The molecular formula is C21H25NO5S. The van der Waals surface area contributed by atoms with Crippen molar-refractivity contribution in [1.82, 2.24) is 4.31 Å². The molecule has 1 fully saturated rings. The summed E-state index contributed by atoms with van der Waals surface area (Å²) in [6, 6.07) is 13.7. The summed E-state index contributed by atoms with van der Waals surface area (Å²) >= 11 is 0. The molecule has 3 rings (SSSR count). The molecular weight excluding hydrogens is 378 g/mol. The van der Waals surface area contributed by atoms with Crippen LogP contribution in [0.25, 0.3) is 0 Å². The van der Waals surface area contributed by atoms with E-state index in [1.165, 1.54) is 22.0 Å². The Morgan fingerprint density at radius 1 is 1.04 bits per heavy atom. The monoisotopic (exact) mass is 403 g/mol. The number of hydrogen-bond donors (Lipinski definition) is 0. The van der Waals surface area contributed by atoms with E-state index in [-0.39, 0.29) is 17.3 Å². The van der Waals surface area contributed by atoms with Gasteiger partial charge in [-0.1, -0.05) is 37.6 Å². The lowest BCUT2D eigenvalue weighted by molar-refractivity contribution is 0.0730. The molecule has 0 saturated carbocycles. The van der Waals surface area contributed by atoms with Gasteiger partial charge in [-0.3, -0.25) is 4.79 Å². The van der Waals surface area contributed by atoms with E-state index in [1.54, 1.807) is 12.1 Å². The van der Waals surface area contributed by atoms with Crippen molar-refractivity contribution in [2.24, 2.45) is 0 Å². The van der Waals surface area contributed by atoms with Crippen molar-refractivity contribution in [3.63, 3.8) is 0 Å². The van der Waals surface area contributed by atoms with Crippen LogP contribution in [0.1, 0.15) is 29.3 Å². The Balaban J connectivity index is 1.58. The van der Waals surface area contributed by atoms with Gasteiger partial charge in [0.15, 0.2) is 12.4 Å². The molecule has 0 unspecified atom stereocenters. The molecule has 7 heteroatoms. The Bertz CT molecular complexity index is 885. The standard InChI is InChI=1S/C21H25NO5S/c1-2-3-17-4-6-18(7-5-17)21(23)16-27-19-8-10-20(11-9-19)28(24,25)22-12-14-26-15-13-22/h4-11H,2-3,12-16H2,1H3. The minimum absolute atomic E-state index is 0.0946. The first-order chi connectivity index (χ1) is 13.5. The molecule has 0 N–H and O–H groups in total. The number of rotatable bonds is 8. The second-order valence-corrected chi connectivity index (χ2v) is 8.58. The molecule has 2 aromatic carbocycles. The van der Waals surface area contributed by atoms with Crippen LogP contribution in [0.4, 0.5) is 0 Å². The number of ether oxygens (including phenoxy) is 2. The first-order valence-corrected chi connectivity index (χ1v) is 10.9. The molecule has 0 atom stereocenters. The first kappa shape index (κ1) is 20.5. The molecule has 0 aliphatic carbocycles. The van der Waals surface area contributed by atoms with E-state index in [4.69, 9.17) is 9.47 Å². The number of carbonyl (C=O) groups is 1. The van der Waals surface area contributed by atoms with E-state index < -0.39 is 10.0 Å². The molecule has 2 aromatic rings. The van der Waals surface area contributed by atoms with Gasteiger partial charge in [-0.2, -0.15) is 4.31 Å². The number of benzene rings is 2. The molecule has 0 radical (unpaired) electrons. The van der Waals surface area contributed by atoms with Gasteiger partial charge in [-0.15, -0.1) is 0 Å². The summed E-state index contributed by atoms with van der Waals surface area (Å²) in [6.07, 6.45) is 2.05. The van der Waals surface area contributed by atoms with Gasteiger partial charge in [0.25, 0.3) is 0 Å². The van der Waals surface area contributed by atoms with Gasteiger partial charge in [0, 0.05) is 18.7 Å². The predicted octanol–water partition coefficient (Wildman–Crippen LogP) is 2.92. The highest BCUT2D eigenvalue weighted by Crippen LogP contribution is 2.20. The van der Waals surface area contributed by atoms with E-state index in [9.17, 15) is 13.2 Å². The maximum absolute atomic E-state index is 12.6. The predicted molar refractivity (Wildman–Crippen MR) is 106 cm³/mol. The summed E-state index contributed by atoms with van der Waals surface area (Å²) in [4.78, 5) is 12.5. The molecule has 1 aliphatic rings. The van der Waals surface area contributed by atoms with Crippen LogP contribution in [0.2, 0.25) is 0 Å². The van der Waals surface area contributed by atoms with Crippen molar-refractivity contribution in [2.45, 2.75) is 24.7 Å². The van der Waals surface area contributed by atoms with Crippen molar-refractivity contribution < 1.29 is 22.7 Å². The van der Waals surface area contributed by atoms with Crippen LogP contribution in [0.15, 0.2) is 53.4 Å². The number of morpholine rings is 1. The van der Waals surface area contributed by atoms with Crippen molar-refractivity contribution in [2.75, 3.05) is 32.9 Å². The molecule has 0 amide bonds. The molecule has 0 aromatic heterocycles. The molecule has 1 aliphatic heterocycles. The SMILES string of the molecule is CCCc1ccc(C(=O)COc2ccc(S(=O)(=O)N3CCOCC3)cc2)cc1. The van der Waals surface area contributed by atoms with Gasteiger partial charge in [0.05, 0.1) is 18.1 Å². The highest BCUT2D eigenvalue weighted by Gasteiger charge is 2.26. The Morgan fingerprint density at radius 3 is 2.29 bits per heavy atom. The van der Waals surface area contributed by atoms with Gasteiger partial charge in [0.2, 0.25) is 10.0 Å². The minimum atomic E-state index is -3.53. The molecule has 1 saturated heterocycles. The lowest BCUT2D eigenvalue weighted by Crippen LogP contribution is -2.40. The van der Waals surface area contributed by atoms with Gasteiger partial charge in [0.1, 0.15) is 5.75 Å². The van der Waals surface area contributed by atoms with Crippen LogP contribution in [-0.2, 0) is 21.2 Å². The molecule has 0 spiro atoms. The average Bonchev–Trinajstić information content (AvgIpc) is 2.74. The number of hydrogen-bond acceptors (Lipinski definition) is 5. The van der Waals surface area contributed by atoms with Crippen LogP contribution in [-0.4, -0.2) is 51.4 Å². The van der Waals surface area contributed by atoms with Gasteiger partial charge in [-0.05, 0) is 36.2 Å². The van der Waals surface area contributed by atoms with Crippen molar-refractivity contribution >= 4 is 15.8 Å². The number of carbonyl (C=O) groups excluding carboxylic acids is 1. The largest absolute Gasteiger partial charge is 0.485 e. The lowest BCUT2D eigenvalue weighted by atomic mass is 10.1. The van der Waals surface area contributed by atoms with Crippen molar-refractivity contribution in [3.8, 4) is 5.75 Å². The van der Waals surface area contributed by atoms with Gasteiger partial charge in [-0.25, -0.2) is 8.42 Å². The van der Waals surface area contributed by atoms with Crippen molar-refractivity contribution in [1.29, 1.82) is 0 Å². The maximum atomic E-state index is 12.6. The van der Waals surface area contributed by atoms with Gasteiger partial charge >= 0.3 is 0 Å². The Labute approximate surface area is 166 Å². The third-order valence-corrected chi connectivity index (χ3v) is 6.53. The van der Waals surface area contributed by atoms with E-state index in [0.29, 0.717) is 37.6 Å². The van der Waals surface area contributed by atoms with Crippen LogP contribution in [0.5, 0.6) is 5.75 Å². The normalized spacial score (nSPS) is 15.3. The topological polar surface area (TPSA) is 72.9 Å². The highest BCUT2D eigenvalue weighted by atomic mass is 32.2. The zero-order chi connectivity index (χ0) is 20.0. The fourth-order valence-corrected chi connectivity index (χ4v) is 4.43. The van der Waals surface area contributed by atoms with Crippen LogP contribution >= 0.6 is 0 Å². The fourth-order valence-electron chi connectivity index (χ4n) is 3.02. The Morgan fingerprint density at radius 2 is 1.68 bits per heavy atom. The van der Waals surface area contributed by atoms with Crippen LogP contribution in [0, 0.1) is 0 Å². The van der Waals surface area contributed by atoms with Crippen molar-refractivity contribution in [3.05, 3.63) is 59.7 Å². The Kier molecular flexibility index (Phi) is 6.83. The molecule has 0 bridgehead atoms. The summed E-state index contributed by atoms with van der Waals surface area (Å²) in [7, 11) is -3.53. The third kappa shape index (κ3) is 4.98. The third-order valence-electron chi connectivity index (χ3n) is 4.62. The summed E-state index contributed by atoms with van der Waals surface area (Å²) < 4.78 is 37.3. The Hall–Kier alpha value is -2.22. The first-order valence-electron chi connectivity index (χ1n) is 9.43. The average molecular weight is 404 g/mol. The van der Waals surface area contributed by atoms with E-state index >= 15 is 0 Å².